The Labute approximate surface area is 106 Å². The fraction of sp³-hybridized carbons (Fsp3) is 0.462. The number of aldehydes is 1. The van der Waals surface area contributed by atoms with Gasteiger partial charge in [-0.1, -0.05) is 30.4 Å². The van der Waals surface area contributed by atoms with Crippen LogP contribution < -0.4 is 0 Å². The number of aliphatic hydroxyl groups excluding tert-OH is 3. The molecule has 0 saturated carbocycles. The Morgan fingerprint density at radius 2 is 2.17 bits per heavy atom. The van der Waals surface area contributed by atoms with Gasteiger partial charge in [0.05, 0.1) is 6.61 Å². The van der Waals surface area contributed by atoms with E-state index >= 15 is 0 Å². The Balaban J connectivity index is 2.48. The molecule has 18 heavy (non-hydrogen) atoms. The van der Waals surface area contributed by atoms with Gasteiger partial charge in [-0.25, -0.2) is 0 Å². The molecule has 0 aromatic rings. The van der Waals surface area contributed by atoms with Crippen molar-refractivity contribution in [1.29, 1.82) is 0 Å². The highest BCUT2D eigenvalue weighted by atomic mass is 16.6. The summed E-state index contributed by atoms with van der Waals surface area (Å²) in [5.41, 5.74) is 0.464. The van der Waals surface area contributed by atoms with Crippen LogP contribution in [0.4, 0.5) is 0 Å². The van der Waals surface area contributed by atoms with Crippen LogP contribution in [0.5, 0.6) is 0 Å². The van der Waals surface area contributed by atoms with Gasteiger partial charge >= 0.3 is 0 Å². The van der Waals surface area contributed by atoms with Crippen LogP contribution in [0, 0.1) is 0 Å². The minimum Gasteiger partial charge on any atom is -0.394 e. The van der Waals surface area contributed by atoms with Crippen molar-refractivity contribution >= 4 is 6.29 Å². The molecule has 0 aromatic carbocycles. The van der Waals surface area contributed by atoms with Gasteiger partial charge in [-0.2, -0.15) is 0 Å². The first kappa shape index (κ1) is 14.8. The van der Waals surface area contributed by atoms with Crippen molar-refractivity contribution in [3.63, 3.8) is 0 Å². The second kappa shape index (κ2) is 7.23. The molecule has 1 fully saturated rings. The smallest absolute Gasteiger partial charge is 0.150 e. The molecule has 4 atom stereocenters. The number of hydrogen-bond donors (Lipinski definition) is 3. The van der Waals surface area contributed by atoms with Gasteiger partial charge in [0.2, 0.25) is 0 Å². The molecule has 1 aliphatic heterocycles. The second-order valence-electron chi connectivity index (χ2n) is 3.97. The molecule has 0 amide bonds. The first-order valence-corrected chi connectivity index (χ1v) is 5.72. The van der Waals surface area contributed by atoms with E-state index in [9.17, 15) is 15.0 Å². The molecule has 100 valence electrons. The van der Waals surface area contributed by atoms with E-state index in [1.165, 1.54) is 18.2 Å². The molecule has 4 unspecified atom stereocenters. The third-order valence-corrected chi connectivity index (χ3v) is 2.58. The van der Waals surface area contributed by atoms with Crippen LogP contribution in [0.25, 0.3) is 0 Å². The van der Waals surface area contributed by atoms with Crippen molar-refractivity contribution in [3.8, 4) is 0 Å². The Morgan fingerprint density at radius 3 is 2.67 bits per heavy atom. The predicted molar refractivity (Wildman–Crippen MR) is 65.9 cm³/mol. The molecule has 0 aromatic heterocycles. The second-order valence-corrected chi connectivity index (χ2v) is 3.97. The van der Waals surface area contributed by atoms with Crippen LogP contribution in [0.15, 0.2) is 36.0 Å². The molecule has 5 heteroatoms. The van der Waals surface area contributed by atoms with Gasteiger partial charge in [0.25, 0.3) is 0 Å². The van der Waals surface area contributed by atoms with Crippen LogP contribution in [-0.2, 0) is 9.53 Å². The molecule has 5 nitrogen and oxygen atoms in total. The summed E-state index contributed by atoms with van der Waals surface area (Å²) in [6.45, 7) is 1.62. The number of carbonyl (C=O) groups is 1. The summed E-state index contributed by atoms with van der Waals surface area (Å²) in [4.78, 5) is 10.6. The van der Waals surface area contributed by atoms with E-state index in [1.54, 1.807) is 19.1 Å². The SMILES string of the molecule is C/C=C/C(C=O)=C/C=C/C(O)C(O)C1OC1CO. The molecule has 0 bridgehead atoms. The summed E-state index contributed by atoms with van der Waals surface area (Å²) < 4.78 is 4.96. The molecule has 1 saturated heterocycles. The summed E-state index contributed by atoms with van der Waals surface area (Å²) in [6.07, 6.45) is 5.34. The molecular formula is C13H18O5. The fourth-order valence-electron chi connectivity index (χ4n) is 1.52. The van der Waals surface area contributed by atoms with Crippen molar-refractivity contribution < 1.29 is 24.9 Å². The standard InChI is InChI=1S/C13H18O5/c1-2-4-9(7-14)5-3-6-10(16)12(17)13-11(8-15)18-13/h2-7,10-13,15-17H,8H2,1H3/b4-2+,6-3+,9-5-. The van der Waals surface area contributed by atoms with E-state index in [1.807, 2.05) is 0 Å². The summed E-state index contributed by atoms with van der Waals surface area (Å²) in [5.74, 6) is 0. The van der Waals surface area contributed by atoms with Crippen molar-refractivity contribution in [3.05, 3.63) is 36.0 Å². The molecular weight excluding hydrogens is 236 g/mol. The van der Waals surface area contributed by atoms with Crippen LogP contribution >= 0.6 is 0 Å². The van der Waals surface area contributed by atoms with Gasteiger partial charge in [0.15, 0.2) is 0 Å². The number of ether oxygens (including phenoxy) is 1. The molecule has 1 heterocycles. The third-order valence-electron chi connectivity index (χ3n) is 2.58. The average molecular weight is 254 g/mol. The molecule has 3 N–H and O–H groups in total. The third kappa shape index (κ3) is 4.19. The van der Waals surface area contributed by atoms with E-state index < -0.39 is 24.4 Å². The van der Waals surface area contributed by atoms with E-state index in [2.05, 4.69) is 0 Å². The van der Waals surface area contributed by atoms with Gasteiger partial charge in [-0.05, 0) is 6.92 Å². The number of allylic oxidation sites excluding steroid dienone is 5. The van der Waals surface area contributed by atoms with E-state index in [-0.39, 0.29) is 6.61 Å². The quantitative estimate of drug-likeness (QED) is 0.252. The number of carbonyl (C=O) groups excluding carboxylic acids is 1. The van der Waals surface area contributed by atoms with Crippen LogP contribution in [0.3, 0.4) is 0 Å². The maximum atomic E-state index is 10.6. The largest absolute Gasteiger partial charge is 0.394 e. The minimum absolute atomic E-state index is 0.172. The fourth-order valence-corrected chi connectivity index (χ4v) is 1.52. The van der Waals surface area contributed by atoms with Gasteiger partial charge < -0.3 is 20.1 Å². The minimum atomic E-state index is -1.10. The van der Waals surface area contributed by atoms with Gasteiger partial charge in [-0.15, -0.1) is 0 Å². The van der Waals surface area contributed by atoms with E-state index in [0.717, 1.165) is 0 Å². The van der Waals surface area contributed by atoms with Crippen LogP contribution in [0.2, 0.25) is 0 Å². The lowest BCUT2D eigenvalue weighted by Crippen LogP contribution is -2.30. The number of hydrogen-bond acceptors (Lipinski definition) is 5. The molecule has 1 aliphatic rings. The molecule has 1 rings (SSSR count). The highest BCUT2D eigenvalue weighted by molar-refractivity contribution is 5.77. The monoisotopic (exact) mass is 254 g/mol. The highest BCUT2D eigenvalue weighted by Crippen LogP contribution is 2.26. The number of rotatable bonds is 7. The summed E-state index contributed by atoms with van der Waals surface area (Å²) in [5, 5.41) is 28.0. The Kier molecular flexibility index (Phi) is 5.94. The topological polar surface area (TPSA) is 90.3 Å². The first-order valence-electron chi connectivity index (χ1n) is 5.72. The number of epoxide rings is 1. The van der Waals surface area contributed by atoms with Crippen LogP contribution in [-0.4, -0.2) is 52.6 Å². The van der Waals surface area contributed by atoms with Gasteiger partial charge in [-0.3, -0.25) is 4.79 Å². The Morgan fingerprint density at radius 1 is 1.44 bits per heavy atom. The summed E-state index contributed by atoms with van der Waals surface area (Å²) >= 11 is 0. The zero-order valence-corrected chi connectivity index (χ0v) is 10.1. The van der Waals surface area contributed by atoms with Crippen molar-refractivity contribution in [2.45, 2.75) is 31.3 Å². The maximum Gasteiger partial charge on any atom is 0.150 e. The first-order chi connectivity index (χ1) is 8.63. The van der Waals surface area contributed by atoms with Crippen LogP contribution in [0.1, 0.15) is 6.92 Å². The zero-order chi connectivity index (χ0) is 13.5. The van der Waals surface area contributed by atoms with E-state index in [0.29, 0.717) is 11.9 Å². The number of aliphatic hydroxyl groups is 3. The molecule has 0 spiro atoms. The maximum absolute atomic E-state index is 10.6. The average Bonchev–Trinajstić information content (AvgIpc) is 3.16. The Bertz CT molecular complexity index is 358. The molecule has 0 radical (unpaired) electrons. The lowest BCUT2D eigenvalue weighted by Gasteiger charge is -2.11. The Hall–Kier alpha value is -1.27. The predicted octanol–water partition coefficient (Wildman–Crippen LogP) is -0.275. The van der Waals surface area contributed by atoms with Crippen molar-refractivity contribution in [2.75, 3.05) is 6.61 Å². The van der Waals surface area contributed by atoms with E-state index in [4.69, 9.17) is 9.84 Å². The van der Waals surface area contributed by atoms with Gasteiger partial charge in [0.1, 0.15) is 30.7 Å². The lowest BCUT2D eigenvalue weighted by molar-refractivity contribution is -0.104. The summed E-state index contributed by atoms with van der Waals surface area (Å²) in [7, 11) is 0. The van der Waals surface area contributed by atoms with Crippen molar-refractivity contribution in [1.82, 2.24) is 0 Å². The summed E-state index contributed by atoms with van der Waals surface area (Å²) in [6, 6.07) is 0. The zero-order valence-electron chi connectivity index (χ0n) is 10.1. The lowest BCUT2D eigenvalue weighted by atomic mass is 10.1. The molecule has 0 aliphatic carbocycles. The van der Waals surface area contributed by atoms with Crippen molar-refractivity contribution in [2.24, 2.45) is 0 Å². The normalized spacial score (nSPS) is 27.7. The van der Waals surface area contributed by atoms with Gasteiger partial charge in [0, 0.05) is 5.57 Å². The highest BCUT2D eigenvalue weighted by Gasteiger charge is 2.45.